The van der Waals surface area contributed by atoms with Crippen molar-refractivity contribution in [3.63, 3.8) is 0 Å². The maximum absolute atomic E-state index is 13.4. The number of anilines is 3. The molecule has 162 valence electrons. The van der Waals surface area contributed by atoms with Gasteiger partial charge in [-0.3, -0.25) is 15.0 Å². The van der Waals surface area contributed by atoms with E-state index in [1.54, 1.807) is 29.4 Å². The van der Waals surface area contributed by atoms with Crippen LogP contribution < -0.4 is 20.4 Å². The van der Waals surface area contributed by atoms with Crippen molar-refractivity contribution in [2.24, 2.45) is 0 Å². The summed E-state index contributed by atoms with van der Waals surface area (Å²) in [5.41, 5.74) is 3.07. The highest BCUT2D eigenvalue weighted by molar-refractivity contribution is 6.07. The van der Waals surface area contributed by atoms with Crippen LogP contribution in [-0.2, 0) is 0 Å². The summed E-state index contributed by atoms with van der Waals surface area (Å²) in [4.78, 5) is 38.3. The van der Waals surface area contributed by atoms with Gasteiger partial charge in [0.15, 0.2) is 12.2 Å². The lowest BCUT2D eigenvalue weighted by Gasteiger charge is -2.37. The van der Waals surface area contributed by atoms with Gasteiger partial charge in [0.25, 0.3) is 5.91 Å². The summed E-state index contributed by atoms with van der Waals surface area (Å²) in [7, 11) is 0. The molecule has 3 aromatic rings. The Hall–Kier alpha value is -3.88. The monoisotopic (exact) mass is 430 g/mol. The van der Waals surface area contributed by atoms with Crippen LogP contribution in [0.15, 0.2) is 53.5 Å². The molecule has 6 rings (SSSR count). The number of rotatable bonds is 4. The Morgan fingerprint density at radius 3 is 2.81 bits per heavy atom. The third-order valence-electron chi connectivity index (χ3n) is 6.21. The van der Waals surface area contributed by atoms with Gasteiger partial charge in [-0.2, -0.15) is 0 Å². The van der Waals surface area contributed by atoms with Crippen LogP contribution in [0.25, 0.3) is 11.3 Å². The van der Waals surface area contributed by atoms with Gasteiger partial charge >= 0.3 is 6.03 Å². The van der Waals surface area contributed by atoms with Crippen molar-refractivity contribution >= 4 is 29.1 Å². The van der Waals surface area contributed by atoms with E-state index in [1.807, 2.05) is 18.2 Å². The lowest BCUT2D eigenvalue weighted by molar-refractivity contribution is 0.0951. The van der Waals surface area contributed by atoms with Gasteiger partial charge in [-0.05, 0) is 49.6 Å². The first-order valence-corrected chi connectivity index (χ1v) is 10.8. The van der Waals surface area contributed by atoms with Crippen LogP contribution >= 0.6 is 0 Å². The van der Waals surface area contributed by atoms with Crippen LogP contribution in [0.1, 0.15) is 29.6 Å². The molecule has 2 bridgehead atoms. The number of pyridine rings is 1. The van der Waals surface area contributed by atoms with Crippen molar-refractivity contribution in [3.05, 3.63) is 54.7 Å². The fraction of sp³-hybridized carbons (Fsp3) is 0.304. The molecule has 9 nitrogen and oxygen atoms in total. The summed E-state index contributed by atoms with van der Waals surface area (Å²) >= 11 is 0. The molecule has 0 spiro atoms. The molecule has 2 N–H and O–H groups in total. The van der Waals surface area contributed by atoms with Crippen LogP contribution in [-0.4, -0.2) is 47.1 Å². The molecule has 32 heavy (non-hydrogen) atoms. The lowest BCUT2D eigenvalue weighted by Crippen LogP contribution is -2.48. The predicted octanol–water partition coefficient (Wildman–Crippen LogP) is 3.26. The molecule has 1 saturated heterocycles. The van der Waals surface area contributed by atoms with Gasteiger partial charge in [-0.15, -0.1) is 0 Å². The molecule has 9 heteroatoms. The van der Waals surface area contributed by atoms with Gasteiger partial charge in [0.2, 0.25) is 0 Å². The second-order valence-electron chi connectivity index (χ2n) is 8.44. The fourth-order valence-corrected chi connectivity index (χ4v) is 4.45. The zero-order valence-corrected chi connectivity index (χ0v) is 17.3. The summed E-state index contributed by atoms with van der Waals surface area (Å²) in [6.07, 6.45) is 7.53. The van der Waals surface area contributed by atoms with E-state index in [0.29, 0.717) is 17.1 Å². The summed E-state index contributed by atoms with van der Waals surface area (Å²) in [5, 5.41) is 5.95. The molecule has 3 amide bonds. The number of fused-ring (bicyclic) bond motifs is 4. The van der Waals surface area contributed by atoms with E-state index in [2.05, 4.69) is 25.5 Å². The molecule has 1 aliphatic carbocycles. The van der Waals surface area contributed by atoms with E-state index in [1.165, 1.54) is 6.39 Å². The Bertz CT molecular complexity index is 1190. The van der Waals surface area contributed by atoms with Crippen LogP contribution in [0.5, 0.6) is 0 Å². The second-order valence-corrected chi connectivity index (χ2v) is 8.44. The Morgan fingerprint density at radius 2 is 2.00 bits per heavy atom. The second kappa shape index (κ2) is 7.37. The first-order chi connectivity index (χ1) is 15.7. The molecule has 0 unspecified atom stereocenters. The summed E-state index contributed by atoms with van der Waals surface area (Å²) in [6.45, 7) is 1.66. The first kappa shape index (κ1) is 18.9. The number of aromatic nitrogens is 2. The minimum Gasteiger partial charge on any atom is -0.444 e. The van der Waals surface area contributed by atoms with Crippen molar-refractivity contribution in [1.82, 2.24) is 15.3 Å². The van der Waals surface area contributed by atoms with Crippen LogP contribution in [0.3, 0.4) is 0 Å². The number of oxazole rings is 1. The molecule has 1 saturated carbocycles. The van der Waals surface area contributed by atoms with Gasteiger partial charge in [-0.1, -0.05) is 0 Å². The molecule has 3 aliphatic rings. The summed E-state index contributed by atoms with van der Waals surface area (Å²) in [5.74, 6) is 0.933. The largest absolute Gasteiger partial charge is 0.444 e. The highest BCUT2D eigenvalue weighted by Gasteiger charge is 2.39. The number of carbonyl (C=O) groups excluding carboxylic acids is 2. The molecule has 2 fully saturated rings. The van der Waals surface area contributed by atoms with Crippen molar-refractivity contribution in [2.45, 2.75) is 31.3 Å². The number of nitrogens with zero attached hydrogens (tertiary/aromatic N) is 4. The van der Waals surface area contributed by atoms with Gasteiger partial charge in [0.05, 0.1) is 23.6 Å². The Labute approximate surface area is 184 Å². The quantitative estimate of drug-likeness (QED) is 0.659. The highest BCUT2D eigenvalue weighted by atomic mass is 16.3. The maximum atomic E-state index is 13.4. The number of amides is 3. The highest BCUT2D eigenvalue weighted by Crippen LogP contribution is 2.41. The zero-order valence-electron chi connectivity index (χ0n) is 17.3. The molecular formula is C23H22N6O3. The molecule has 0 radical (unpaired) electrons. The number of hydrogen-bond acceptors (Lipinski definition) is 6. The van der Waals surface area contributed by atoms with E-state index in [-0.39, 0.29) is 24.0 Å². The fourth-order valence-electron chi connectivity index (χ4n) is 4.45. The number of benzene rings is 1. The summed E-state index contributed by atoms with van der Waals surface area (Å²) < 4.78 is 5.34. The molecule has 4 heterocycles. The molecule has 1 atom stereocenters. The molecular weight excluding hydrogens is 408 g/mol. The third kappa shape index (κ3) is 3.35. The molecule has 2 aromatic heterocycles. The normalized spacial score (nSPS) is 18.9. The van der Waals surface area contributed by atoms with Crippen molar-refractivity contribution in [2.75, 3.05) is 28.2 Å². The Kier molecular flexibility index (Phi) is 4.34. The number of nitrogens with one attached hydrogen (secondary N) is 2. The number of hydrogen-bond donors (Lipinski definition) is 2. The van der Waals surface area contributed by atoms with Gasteiger partial charge in [0.1, 0.15) is 5.82 Å². The Morgan fingerprint density at radius 1 is 1.09 bits per heavy atom. The third-order valence-corrected chi connectivity index (χ3v) is 6.21. The first-order valence-electron chi connectivity index (χ1n) is 10.8. The smallest absolute Gasteiger partial charge is 0.327 e. The average molecular weight is 430 g/mol. The zero-order chi connectivity index (χ0) is 21.7. The van der Waals surface area contributed by atoms with Crippen LogP contribution in [0, 0.1) is 0 Å². The predicted molar refractivity (Wildman–Crippen MR) is 119 cm³/mol. The average Bonchev–Trinajstić information content (AvgIpc) is 3.27. The van der Waals surface area contributed by atoms with Gasteiger partial charge in [-0.25, -0.2) is 14.8 Å². The maximum Gasteiger partial charge on any atom is 0.327 e. The van der Waals surface area contributed by atoms with E-state index >= 15 is 0 Å². The van der Waals surface area contributed by atoms with E-state index in [9.17, 15) is 9.59 Å². The topological polar surface area (TPSA) is 104 Å². The van der Waals surface area contributed by atoms with E-state index < -0.39 is 0 Å². The van der Waals surface area contributed by atoms with Crippen molar-refractivity contribution < 1.29 is 14.0 Å². The van der Waals surface area contributed by atoms with Crippen LogP contribution in [0.4, 0.5) is 22.0 Å². The SMILES string of the molecule is O=C(NC1CC1)c1ccc2c(c1)N(C(=O)Nc1cc(-c3cnco3)ccn1)[C@H]1CCN2C1. The van der Waals surface area contributed by atoms with Crippen LogP contribution in [0.2, 0.25) is 0 Å². The van der Waals surface area contributed by atoms with E-state index in [4.69, 9.17) is 4.42 Å². The lowest BCUT2D eigenvalue weighted by atomic mass is 10.1. The summed E-state index contributed by atoms with van der Waals surface area (Å²) in [6, 6.07) is 9.22. The van der Waals surface area contributed by atoms with Gasteiger partial charge in [0, 0.05) is 36.5 Å². The number of carbonyl (C=O) groups is 2. The van der Waals surface area contributed by atoms with Crippen molar-refractivity contribution in [1.29, 1.82) is 0 Å². The molecule has 2 aliphatic heterocycles. The minimum atomic E-state index is -0.264. The van der Waals surface area contributed by atoms with E-state index in [0.717, 1.165) is 49.3 Å². The van der Waals surface area contributed by atoms with Gasteiger partial charge < -0.3 is 14.6 Å². The molecule has 1 aromatic carbocycles. The minimum absolute atomic E-state index is 0.0432. The standard InChI is InChI=1S/C23H22N6O3/c30-22(26-16-2-3-16)15-1-4-18-19(9-15)29(17-6-8-28(18)12-17)23(31)27-21-10-14(5-7-25-21)20-11-24-13-32-20/h1,4-5,7,9-11,13,16-17H,2-3,6,8,12H2,(H,26,30)(H,25,27,31)/t17-/m0/s1. The Balaban J connectivity index is 1.29. The number of urea groups is 1. The van der Waals surface area contributed by atoms with Crippen molar-refractivity contribution in [3.8, 4) is 11.3 Å².